The summed E-state index contributed by atoms with van der Waals surface area (Å²) >= 11 is 0. The first kappa shape index (κ1) is 15.9. The zero-order chi connectivity index (χ0) is 15.2. The van der Waals surface area contributed by atoms with E-state index in [1.165, 1.54) is 12.1 Å². The number of halogens is 1. The van der Waals surface area contributed by atoms with E-state index < -0.39 is 0 Å². The van der Waals surface area contributed by atoms with Gasteiger partial charge in [-0.3, -0.25) is 4.79 Å². The lowest BCUT2D eigenvalue weighted by Gasteiger charge is -2.27. The molecule has 1 saturated heterocycles. The van der Waals surface area contributed by atoms with Gasteiger partial charge in [0.2, 0.25) is 5.91 Å². The molecule has 21 heavy (non-hydrogen) atoms. The Morgan fingerprint density at radius 1 is 1.43 bits per heavy atom. The second-order valence-electron chi connectivity index (χ2n) is 5.67. The monoisotopic (exact) mass is 294 g/mol. The molecule has 1 amide bonds. The molecule has 0 saturated carbocycles. The molecule has 0 bridgehead atoms. The Balaban J connectivity index is 1.95. The van der Waals surface area contributed by atoms with Crippen molar-refractivity contribution in [1.82, 2.24) is 10.2 Å². The number of carbonyl (C=O) groups excluding carboxylic acids is 1. The summed E-state index contributed by atoms with van der Waals surface area (Å²) in [5.41, 5.74) is 0.868. The van der Waals surface area contributed by atoms with Crippen LogP contribution in [0.15, 0.2) is 24.3 Å². The number of nitrogens with one attached hydrogen (secondary N) is 1. The van der Waals surface area contributed by atoms with E-state index in [2.05, 4.69) is 5.32 Å². The average molecular weight is 294 g/mol. The number of hydrogen-bond acceptors (Lipinski definition) is 3. The van der Waals surface area contributed by atoms with Crippen LogP contribution in [-0.4, -0.2) is 44.7 Å². The van der Waals surface area contributed by atoms with Crippen LogP contribution in [0.2, 0.25) is 0 Å². The normalized spacial score (nSPS) is 17.7. The predicted octanol–water partition coefficient (Wildman–Crippen LogP) is 1.97. The van der Waals surface area contributed by atoms with E-state index >= 15 is 0 Å². The summed E-state index contributed by atoms with van der Waals surface area (Å²) in [5.74, 6) is -0.147. The zero-order valence-electron chi connectivity index (χ0n) is 12.6. The minimum Gasteiger partial charge on any atom is -0.381 e. The molecule has 1 atom stereocenters. The Bertz CT molecular complexity index is 473. The van der Waals surface area contributed by atoms with Crippen LogP contribution in [0, 0.1) is 11.7 Å². The van der Waals surface area contributed by atoms with Gasteiger partial charge >= 0.3 is 0 Å². The van der Waals surface area contributed by atoms with E-state index in [-0.39, 0.29) is 23.7 Å². The predicted molar refractivity (Wildman–Crippen MR) is 79.4 cm³/mol. The number of amides is 1. The number of benzene rings is 1. The summed E-state index contributed by atoms with van der Waals surface area (Å²) in [6.07, 6.45) is 1.55. The number of likely N-dealkylation sites (N-methyl/N-ethyl adjacent to an activating group) is 1. The van der Waals surface area contributed by atoms with E-state index in [4.69, 9.17) is 4.74 Å². The maximum Gasteiger partial charge on any atom is 0.223 e. The van der Waals surface area contributed by atoms with Crippen LogP contribution < -0.4 is 5.32 Å². The lowest BCUT2D eigenvalue weighted by molar-refractivity contribution is -0.128. The molecule has 1 aromatic rings. The van der Waals surface area contributed by atoms with Gasteiger partial charge in [-0.25, -0.2) is 4.39 Å². The molecule has 0 aromatic heterocycles. The van der Waals surface area contributed by atoms with Crippen molar-refractivity contribution in [1.29, 1.82) is 0 Å². The fraction of sp³-hybridized carbons (Fsp3) is 0.562. The maximum atomic E-state index is 13.4. The molecule has 1 aromatic carbocycles. The Labute approximate surface area is 125 Å². The van der Waals surface area contributed by atoms with E-state index in [1.807, 2.05) is 25.1 Å². The highest BCUT2D eigenvalue weighted by Gasteiger charge is 2.23. The van der Waals surface area contributed by atoms with Crippen molar-refractivity contribution in [2.75, 3.05) is 33.9 Å². The summed E-state index contributed by atoms with van der Waals surface area (Å²) in [7, 11) is 3.85. The number of ether oxygens (including phenoxy) is 1. The SMILES string of the molecule is CN(C)C(CNC(=O)C1CCOCC1)c1cccc(F)c1. The largest absolute Gasteiger partial charge is 0.381 e. The molecule has 0 spiro atoms. The van der Waals surface area contributed by atoms with Gasteiger partial charge in [0.25, 0.3) is 0 Å². The number of carbonyl (C=O) groups is 1. The fourth-order valence-electron chi connectivity index (χ4n) is 2.61. The molecular weight excluding hydrogens is 271 g/mol. The molecule has 2 rings (SSSR count). The molecule has 1 N–H and O–H groups in total. The van der Waals surface area contributed by atoms with Gasteiger partial charge in [0.15, 0.2) is 0 Å². The van der Waals surface area contributed by atoms with Crippen molar-refractivity contribution in [3.63, 3.8) is 0 Å². The molecule has 1 unspecified atom stereocenters. The molecule has 1 heterocycles. The highest BCUT2D eigenvalue weighted by atomic mass is 19.1. The summed E-state index contributed by atoms with van der Waals surface area (Å²) in [5, 5.41) is 2.99. The van der Waals surface area contributed by atoms with E-state index in [9.17, 15) is 9.18 Å². The van der Waals surface area contributed by atoms with Gasteiger partial charge in [-0.1, -0.05) is 12.1 Å². The molecule has 0 aliphatic carbocycles. The first-order valence-electron chi connectivity index (χ1n) is 7.35. The lowest BCUT2D eigenvalue weighted by Crippen LogP contribution is -2.39. The van der Waals surface area contributed by atoms with Crippen molar-refractivity contribution in [3.05, 3.63) is 35.6 Å². The summed E-state index contributed by atoms with van der Waals surface area (Å²) < 4.78 is 18.6. The van der Waals surface area contributed by atoms with Gasteiger partial charge in [-0.15, -0.1) is 0 Å². The molecule has 116 valence electrons. The summed E-state index contributed by atoms with van der Waals surface area (Å²) in [6.45, 7) is 1.78. The summed E-state index contributed by atoms with van der Waals surface area (Å²) in [6, 6.07) is 6.49. The van der Waals surface area contributed by atoms with Crippen molar-refractivity contribution >= 4 is 5.91 Å². The molecule has 1 aliphatic rings. The second kappa shape index (κ2) is 7.52. The van der Waals surface area contributed by atoms with Crippen LogP contribution >= 0.6 is 0 Å². The smallest absolute Gasteiger partial charge is 0.223 e. The van der Waals surface area contributed by atoms with Gasteiger partial charge in [0, 0.05) is 25.7 Å². The van der Waals surface area contributed by atoms with Gasteiger partial charge in [0.05, 0.1) is 6.04 Å². The Kier molecular flexibility index (Phi) is 5.70. The molecule has 1 fully saturated rings. The van der Waals surface area contributed by atoms with Crippen LogP contribution in [-0.2, 0) is 9.53 Å². The van der Waals surface area contributed by atoms with Crippen LogP contribution in [0.3, 0.4) is 0 Å². The Morgan fingerprint density at radius 3 is 2.76 bits per heavy atom. The molecule has 4 nitrogen and oxygen atoms in total. The topological polar surface area (TPSA) is 41.6 Å². The van der Waals surface area contributed by atoms with Crippen LogP contribution in [0.25, 0.3) is 0 Å². The quantitative estimate of drug-likeness (QED) is 0.903. The number of rotatable bonds is 5. The van der Waals surface area contributed by atoms with Gasteiger partial charge < -0.3 is 15.0 Å². The Hall–Kier alpha value is -1.46. The number of hydrogen-bond donors (Lipinski definition) is 1. The van der Waals surface area contributed by atoms with Crippen molar-refractivity contribution < 1.29 is 13.9 Å². The first-order valence-corrected chi connectivity index (χ1v) is 7.35. The van der Waals surface area contributed by atoms with Crippen molar-refractivity contribution in [2.24, 2.45) is 5.92 Å². The fourth-order valence-corrected chi connectivity index (χ4v) is 2.61. The highest BCUT2D eigenvalue weighted by Crippen LogP contribution is 2.19. The minimum atomic E-state index is -0.255. The molecule has 5 heteroatoms. The Morgan fingerprint density at radius 2 is 2.14 bits per heavy atom. The van der Waals surface area contributed by atoms with Crippen LogP contribution in [0.5, 0.6) is 0 Å². The standard InChI is InChI=1S/C16H23FN2O2/c1-19(2)15(13-4-3-5-14(17)10-13)11-18-16(20)12-6-8-21-9-7-12/h3-5,10,12,15H,6-9,11H2,1-2H3,(H,18,20). The average Bonchev–Trinajstić information content (AvgIpc) is 2.48. The van der Waals surface area contributed by atoms with Gasteiger partial charge in [0.1, 0.15) is 5.82 Å². The van der Waals surface area contributed by atoms with E-state index in [0.29, 0.717) is 19.8 Å². The van der Waals surface area contributed by atoms with Crippen LogP contribution in [0.4, 0.5) is 4.39 Å². The third kappa shape index (κ3) is 4.51. The molecule has 1 aliphatic heterocycles. The van der Waals surface area contributed by atoms with Crippen LogP contribution in [0.1, 0.15) is 24.4 Å². The zero-order valence-corrected chi connectivity index (χ0v) is 12.6. The molecule has 0 radical (unpaired) electrons. The van der Waals surface area contributed by atoms with Crippen molar-refractivity contribution in [2.45, 2.75) is 18.9 Å². The van der Waals surface area contributed by atoms with E-state index in [0.717, 1.165) is 18.4 Å². The van der Waals surface area contributed by atoms with Gasteiger partial charge in [-0.05, 0) is 44.6 Å². The first-order chi connectivity index (χ1) is 10.1. The van der Waals surface area contributed by atoms with Crippen molar-refractivity contribution in [3.8, 4) is 0 Å². The maximum absolute atomic E-state index is 13.4. The van der Waals surface area contributed by atoms with Gasteiger partial charge in [-0.2, -0.15) is 0 Å². The third-order valence-corrected chi connectivity index (χ3v) is 3.92. The van der Waals surface area contributed by atoms with E-state index in [1.54, 1.807) is 6.07 Å². The minimum absolute atomic E-state index is 0.0362. The summed E-state index contributed by atoms with van der Waals surface area (Å²) in [4.78, 5) is 14.1. The third-order valence-electron chi connectivity index (χ3n) is 3.92. The highest BCUT2D eigenvalue weighted by molar-refractivity contribution is 5.78. The molecular formula is C16H23FN2O2. The lowest BCUT2D eigenvalue weighted by atomic mass is 9.99. The number of nitrogens with zero attached hydrogens (tertiary/aromatic N) is 1. The second-order valence-corrected chi connectivity index (χ2v) is 5.67.